The molecule has 0 saturated heterocycles. The Morgan fingerprint density at radius 3 is 2.58 bits per heavy atom. The van der Waals surface area contributed by atoms with E-state index in [4.69, 9.17) is 23.2 Å². The van der Waals surface area contributed by atoms with E-state index in [1.807, 2.05) is 30.2 Å². The molecule has 0 bridgehead atoms. The van der Waals surface area contributed by atoms with Crippen LogP contribution in [0, 0.1) is 6.92 Å². The van der Waals surface area contributed by atoms with E-state index >= 15 is 0 Å². The molecule has 0 spiro atoms. The maximum atomic E-state index is 12.1. The van der Waals surface area contributed by atoms with Gasteiger partial charge in [0, 0.05) is 27.2 Å². The van der Waals surface area contributed by atoms with Gasteiger partial charge in [0.2, 0.25) is 5.91 Å². The number of aromatic nitrogens is 1. The minimum Gasteiger partial charge on any atom is -0.291 e. The van der Waals surface area contributed by atoms with Crippen molar-refractivity contribution in [3.05, 3.63) is 49.9 Å². The number of rotatable bonds is 6. The van der Waals surface area contributed by atoms with Gasteiger partial charge in [0.15, 0.2) is 0 Å². The van der Waals surface area contributed by atoms with Crippen LogP contribution in [-0.4, -0.2) is 35.3 Å². The molecule has 9 heteroatoms. The zero-order valence-corrected chi connectivity index (χ0v) is 17.0. The van der Waals surface area contributed by atoms with Crippen LogP contribution in [0.5, 0.6) is 0 Å². The lowest BCUT2D eigenvalue weighted by Crippen LogP contribution is -2.46. The maximum absolute atomic E-state index is 12.1. The molecule has 0 fully saturated rings. The minimum atomic E-state index is -0.326. The molecule has 0 aliphatic rings. The van der Waals surface area contributed by atoms with Crippen LogP contribution in [0.4, 0.5) is 0 Å². The van der Waals surface area contributed by atoms with Gasteiger partial charge in [0.25, 0.3) is 5.91 Å². The first-order valence-corrected chi connectivity index (χ1v) is 9.53. The molecule has 0 saturated carbocycles. The van der Waals surface area contributed by atoms with Crippen molar-refractivity contribution in [2.75, 3.05) is 13.6 Å². The number of benzene rings is 1. The zero-order valence-electron chi connectivity index (χ0n) is 14.7. The number of carbonyl (C=O) groups is 2. The Morgan fingerprint density at radius 1 is 1.27 bits per heavy atom. The van der Waals surface area contributed by atoms with Crippen molar-refractivity contribution in [2.45, 2.75) is 26.3 Å². The van der Waals surface area contributed by atoms with Crippen molar-refractivity contribution in [3.8, 4) is 0 Å². The fourth-order valence-corrected chi connectivity index (χ4v) is 3.62. The maximum Gasteiger partial charge on any atom is 0.252 e. The van der Waals surface area contributed by atoms with Crippen LogP contribution in [-0.2, 0) is 16.0 Å². The van der Waals surface area contributed by atoms with E-state index in [9.17, 15) is 9.59 Å². The number of nitrogens with zero attached hydrogens (tertiary/aromatic N) is 2. The van der Waals surface area contributed by atoms with E-state index in [0.717, 1.165) is 11.3 Å². The van der Waals surface area contributed by atoms with E-state index in [1.54, 1.807) is 19.2 Å². The summed E-state index contributed by atoms with van der Waals surface area (Å²) in [5, 5.41) is 3.69. The molecule has 1 unspecified atom stereocenters. The molecule has 1 heterocycles. The van der Waals surface area contributed by atoms with Crippen LogP contribution in [0.1, 0.15) is 29.2 Å². The highest BCUT2D eigenvalue weighted by molar-refractivity contribution is 7.09. The molecule has 1 aromatic heterocycles. The van der Waals surface area contributed by atoms with E-state index in [1.165, 1.54) is 11.3 Å². The highest BCUT2D eigenvalue weighted by atomic mass is 35.5. The van der Waals surface area contributed by atoms with Gasteiger partial charge in [-0.15, -0.1) is 11.3 Å². The third kappa shape index (κ3) is 5.95. The second kappa shape index (κ2) is 9.32. The molecule has 2 aromatic rings. The molecule has 0 aliphatic carbocycles. The lowest BCUT2D eigenvalue weighted by molar-refractivity contribution is -0.129. The number of amides is 2. The lowest BCUT2D eigenvalue weighted by atomic mass is 10.1. The van der Waals surface area contributed by atoms with Gasteiger partial charge in [0.1, 0.15) is 5.01 Å². The second-order valence-corrected chi connectivity index (χ2v) is 7.70. The molecule has 2 N–H and O–H groups in total. The fraction of sp³-hybridized carbons (Fsp3) is 0.353. The predicted molar refractivity (Wildman–Crippen MR) is 104 cm³/mol. The zero-order chi connectivity index (χ0) is 19.3. The molecule has 1 atom stereocenters. The minimum absolute atomic E-state index is 0.0940. The van der Waals surface area contributed by atoms with Gasteiger partial charge in [-0.3, -0.25) is 25.3 Å². The molecule has 0 radical (unpaired) electrons. The molecule has 26 heavy (non-hydrogen) atoms. The van der Waals surface area contributed by atoms with E-state index in [0.29, 0.717) is 15.1 Å². The largest absolute Gasteiger partial charge is 0.291 e. The van der Waals surface area contributed by atoms with Gasteiger partial charge >= 0.3 is 0 Å². The highest BCUT2D eigenvalue weighted by Crippen LogP contribution is 2.28. The van der Waals surface area contributed by atoms with E-state index < -0.39 is 0 Å². The van der Waals surface area contributed by atoms with Crippen LogP contribution < -0.4 is 10.9 Å². The van der Waals surface area contributed by atoms with Crippen LogP contribution in [0.3, 0.4) is 0 Å². The van der Waals surface area contributed by atoms with E-state index in [2.05, 4.69) is 15.8 Å². The van der Waals surface area contributed by atoms with Crippen LogP contribution >= 0.6 is 34.5 Å². The van der Waals surface area contributed by atoms with Gasteiger partial charge < -0.3 is 0 Å². The number of hydrogen-bond donors (Lipinski definition) is 2. The number of carbonyl (C=O) groups excluding carboxylic acids is 2. The summed E-state index contributed by atoms with van der Waals surface area (Å²) in [6.45, 7) is 3.89. The van der Waals surface area contributed by atoms with E-state index in [-0.39, 0.29) is 30.8 Å². The van der Waals surface area contributed by atoms with Crippen molar-refractivity contribution in [1.82, 2.24) is 20.7 Å². The summed E-state index contributed by atoms with van der Waals surface area (Å²) in [5.74, 6) is -0.641. The average Bonchev–Trinajstić information content (AvgIpc) is 2.97. The molecule has 140 valence electrons. The van der Waals surface area contributed by atoms with Crippen molar-refractivity contribution in [1.29, 1.82) is 0 Å². The quantitative estimate of drug-likeness (QED) is 0.711. The van der Waals surface area contributed by atoms with Gasteiger partial charge in [-0.25, -0.2) is 4.98 Å². The molecular formula is C17H20Cl2N4O2S. The van der Waals surface area contributed by atoms with Gasteiger partial charge in [0.05, 0.1) is 13.0 Å². The topological polar surface area (TPSA) is 74.3 Å². The molecule has 0 aliphatic heterocycles. The Kier molecular flexibility index (Phi) is 7.40. The number of hydrogen-bond acceptors (Lipinski definition) is 5. The van der Waals surface area contributed by atoms with Crippen LogP contribution in [0.15, 0.2) is 23.6 Å². The van der Waals surface area contributed by atoms with Crippen molar-refractivity contribution >= 4 is 46.4 Å². The number of aryl methyl sites for hydroxylation is 1. The number of halogens is 2. The van der Waals surface area contributed by atoms with Gasteiger partial charge in [-0.2, -0.15) is 0 Å². The van der Waals surface area contributed by atoms with Crippen molar-refractivity contribution in [3.63, 3.8) is 0 Å². The molecule has 2 rings (SSSR count). The summed E-state index contributed by atoms with van der Waals surface area (Å²) in [6, 6.07) is 5.16. The first-order chi connectivity index (χ1) is 12.3. The Bertz CT molecular complexity index is 797. The Hall–Kier alpha value is -1.67. The smallest absolute Gasteiger partial charge is 0.252 e. The summed E-state index contributed by atoms with van der Waals surface area (Å²) >= 11 is 13.5. The standard InChI is InChI=1S/C17H20Cl2N4O2S/c1-10-9-26-17(20-10)7-15(24)21-22-16(25)8-23(3)11(2)13-5-4-12(18)6-14(13)19/h4-6,9,11H,7-8H2,1-3H3,(H,21,24)(H,22,25). The number of likely N-dealkylation sites (N-methyl/N-ethyl adjacent to an activating group) is 1. The highest BCUT2D eigenvalue weighted by Gasteiger charge is 2.18. The van der Waals surface area contributed by atoms with Crippen molar-refractivity contribution < 1.29 is 9.59 Å². The lowest BCUT2D eigenvalue weighted by Gasteiger charge is -2.25. The summed E-state index contributed by atoms with van der Waals surface area (Å²) in [5.41, 5.74) is 6.56. The average molecular weight is 415 g/mol. The Balaban J connectivity index is 1.81. The summed E-state index contributed by atoms with van der Waals surface area (Å²) < 4.78 is 0. The molecule has 2 amide bonds. The molecule has 6 nitrogen and oxygen atoms in total. The van der Waals surface area contributed by atoms with Gasteiger partial charge in [-0.1, -0.05) is 29.3 Å². The first-order valence-electron chi connectivity index (χ1n) is 7.90. The number of thiazole rings is 1. The third-order valence-electron chi connectivity index (χ3n) is 3.79. The number of hydrazine groups is 1. The normalized spacial score (nSPS) is 12.1. The van der Waals surface area contributed by atoms with Gasteiger partial charge in [-0.05, 0) is 38.6 Å². The van der Waals surface area contributed by atoms with Crippen LogP contribution in [0.2, 0.25) is 10.0 Å². The fourth-order valence-electron chi connectivity index (χ4n) is 2.29. The third-order valence-corrected chi connectivity index (χ3v) is 5.32. The van der Waals surface area contributed by atoms with Crippen LogP contribution in [0.25, 0.3) is 0 Å². The summed E-state index contributed by atoms with van der Waals surface area (Å²) in [7, 11) is 1.80. The second-order valence-electron chi connectivity index (χ2n) is 5.91. The predicted octanol–water partition coefficient (Wildman–Crippen LogP) is 3.14. The molecule has 1 aromatic carbocycles. The number of nitrogens with one attached hydrogen (secondary N) is 2. The SMILES string of the molecule is Cc1csc(CC(=O)NNC(=O)CN(C)C(C)c2ccc(Cl)cc2Cl)n1. The monoisotopic (exact) mass is 414 g/mol. The summed E-state index contributed by atoms with van der Waals surface area (Å²) in [6.07, 6.45) is 0.130. The first kappa shape index (κ1) is 20.6. The molecular weight excluding hydrogens is 395 g/mol. The summed E-state index contributed by atoms with van der Waals surface area (Å²) in [4.78, 5) is 29.9. The van der Waals surface area contributed by atoms with Crippen molar-refractivity contribution in [2.24, 2.45) is 0 Å². The Morgan fingerprint density at radius 2 is 1.96 bits per heavy atom. The Labute approximate surface area is 166 Å².